The third-order valence-electron chi connectivity index (χ3n) is 8.05. The predicted octanol–water partition coefficient (Wildman–Crippen LogP) is 9.73. The Kier molecular flexibility index (Phi) is 9.50. The first-order chi connectivity index (χ1) is 17.5. The molecule has 3 aromatic rings. The van der Waals surface area contributed by atoms with Gasteiger partial charge in [-0.1, -0.05) is 73.7 Å². The van der Waals surface area contributed by atoms with Crippen molar-refractivity contribution in [1.29, 1.82) is 0 Å². The standard InChI is InChI=1S/C34H40F2/c1-3-4-6-11-32-33(35)23-28(24-34(32)36)13-12-26-14-18-30(19-15-26)31-20-16-27(17-21-31)22-25(2)29-9-7-5-8-10-29/h3-5,7-10,14-15,18-19,23-25,27,31H,6,11-13,16-17,20-22H2,1-2H3/t25-,27?,31?/m1/s1. The summed E-state index contributed by atoms with van der Waals surface area (Å²) in [7, 11) is 0. The van der Waals surface area contributed by atoms with Crippen molar-refractivity contribution in [3.63, 3.8) is 0 Å². The molecule has 36 heavy (non-hydrogen) atoms. The summed E-state index contributed by atoms with van der Waals surface area (Å²) in [6.45, 7) is 4.28. The second kappa shape index (κ2) is 13.0. The van der Waals surface area contributed by atoms with Crippen molar-refractivity contribution in [1.82, 2.24) is 0 Å². The van der Waals surface area contributed by atoms with Crippen LogP contribution in [0.3, 0.4) is 0 Å². The van der Waals surface area contributed by atoms with Gasteiger partial charge in [0.15, 0.2) is 0 Å². The van der Waals surface area contributed by atoms with E-state index in [1.165, 1.54) is 60.9 Å². The zero-order valence-electron chi connectivity index (χ0n) is 21.9. The average Bonchev–Trinajstić information content (AvgIpc) is 2.90. The molecule has 190 valence electrons. The molecule has 0 N–H and O–H groups in total. The lowest BCUT2D eigenvalue weighted by Crippen LogP contribution is -2.15. The number of benzene rings is 3. The molecule has 1 aliphatic rings. The van der Waals surface area contributed by atoms with Gasteiger partial charge in [-0.2, -0.15) is 0 Å². The summed E-state index contributed by atoms with van der Waals surface area (Å²) in [5.41, 5.74) is 5.05. The van der Waals surface area contributed by atoms with Crippen LogP contribution in [-0.2, 0) is 19.3 Å². The largest absolute Gasteiger partial charge is 0.207 e. The zero-order valence-corrected chi connectivity index (χ0v) is 21.9. The highest BCUT2D eigenvalue weighted by Crippen LogP contribution is 2.39. The molecular weight excluding hydrogens is 446 g/mol. The third-order valence-corrected chi connectivity index (χ3v) is 8.05. The van der Waals surface area contributed by atoms with Gasteiger partial charge in [-0.25, -0.2) is 8.78 Å². The lowest BCUT2D eigenvalue weighted by molar-refractivity contribution is 0.297. The minimum Gasteiger partial charge on any atom is -0.207 e. The molecule has 0 radical (unpaired) electrons. The highest BCUT2D eigenvalue weighted by molar-refractivity contribution is 5.30. The van der Waals surface area contributed by atoms with Gasteiger partial charge < -0.3 is 0 Å². The molecule has 0 amide bonds. The van der Waals surface area contributed by atoms with Crippen molar-refractivity contribution in [3.8, 4) is 0 Å². The quantitative estimate of drug-likeness (QED) is 0.250. The van der Waals surface area contributed by atoms with Crippen LogP contribution in [0.4, 0.5) is 8.78 Å². The summed E-state index contributed by atoms with van der Waals surface area (Å²) in [6, 6.07) is 22.9. The Morgan fingerprint density at radius 1 is 0.806 bits per heavy atom. The Hall–Kier alpha value is -2.74. The van der Waals surface area contributed by atoms with Crippen molar-refractivity contribution < 1.29 is 8.78 Å². The molecule has 0 heterocycles. The van der Waals surface area contributed by atoms with Crippen LogP contribution in [-0.4, -0.2) is 0 Å². The van der Waals surface area contributed by atoms with Gasteiger partial charge in [0, 0.05) is 5.56 Å². The van der Waals surface area contributed by atoms with Crippen molar-refractivity contribution >= 4 is 0 Å². The van der Waals surface area contributed by atoms with E-state index in [4.69, 9.17) is 0 Å². The fourth-order valence-electron chi connectivity index (χ4n) is 5.83. The van der Waals surface area contributed by atoms with Crippen molar-refractivity contribution in [3.05, 3.63) is 118 Å². The van der Waals surface area contributed by atoms with E-state index in [-0.39, 0.29) is 5.56 Å². The Bertz CT molecular complexity index is 1080. The van der Waals surface area contributed by atoms with E-state index in [0.717, 1.165) is 17.9 Å². The number of hydrogen-bond donors (Lipinski definition) is 0. The van der Waals surface area contributed by atoms with Crippen LogP contribution in [0.15, 0.2) is 78.9 Å². The molecular formula is C34H40F2. The lowest BCUT2D eigenvalue weighted by atomic mass is 9.75. The number of hydrogen-bond acceptors (Lipinski definition) is 0. The first kappa shape index (κ1) is 26.3. The fourth-order valence-corrected chi connectivity index (χ4v) is 5.83. The Morgan fingerprint density at radius 3 is 2.08 bits per heavy atom. The van der Waals surface area contributed by atoms with Gasteiger partial charge in [0.05, 0.1) is 0 Å². The molecule has 0 bridgehead atoms. The number of aryl methyl sites for hydroxylation is 2. The van der Waals surface area contributed by atoms with Gasteiger partial charge in [0.2, 0.25) is 0 Å². The molecule has 1 saturated carbocycles. The van der Waals surface area contributed by atoms with Crippen LogP contribution in [0.5, 0.6) is 0 Å². The Labute approximate surface area is 216 Å². The van der Waals surface area contributed by atoms with E-state index in [9.17, 15) is 8.78 Å². The molecule has 4 rings (SSSR count). The minimum absolute atomic E-state index is 0.199. The lowest BCUT2D eigenvalue weighted by Gasteiger charge is -2.30. The van der Waals surface area contributed by atoms with Gasteiger partial charge in [-0.05, 0) is 117 Å². The number of allylic oxidation sites excluding steroid dienone is 2. The molecule has 0 aliphatic heterocycles. The molecule has 3 aromatic carbocycles. The van der Waals surface area contributed by atoms with Crippen LogP contribution >= 0.6 is 0 Å². The molecule has 2 heteroatoms. The first-order valence-corrected chi connectivity index (χ1v) is 13.7. The maximum atomic E-state index is 14.4. The van der Waals surface area contributed by atoms with E-state index in [2.05, 4.69) is 61.5 Å². The number of rotatable bonds is 10. The summed E-state index contributed by atoms with van der Waals surface area (Å²) in [5, 5.41) is 0. The van der Waals surface area contributed by atoms with Crippen LogP contribution < -0.4 is 0 Å². The zero-order chi connectivity index (χ0) is 25.3. The monoisotopic (exact) mass is 486 g/mol. The molecule has 1 fully saturated rings. The first-order valence-electron chi connectivity index (χ1n) is 13.7. The Balaban J connectivity index is 1.25. The summed E-state index contributed by atoms with van der Waals surface area (Å²) in [4.78, 5) is 0. The van der Waals surface area contributed by atoms with E-state index < -0.39 is 11.6 Å². The smallest absolute Gasteiger partial charge is 0.129 e. The summed E-state index contributed by atoms with van der Waals surface area (Å²) >= 11 is 0. The van der Waals surface area contributed by atoms with Crippen molar-refractivity contribution in [2.24, 2.45) is 5.92 Å². The number of halogens is 2. The normalized spacial score (nSPS) is 19.0. The summed E-state index contributed by atoms with van der Waals surface area (Å²) < 4.78 is 28.9. The molecule has 1 aliphatic carbocycles. The van der Waals surface area contributed by atoms with E-state index in [1.54, 1.807) is 0 Å². The Morgan fingerprint density at radius 2 is 1.44 bits per heavy atom. The molecule has 0 unspecified atom stereocenters. The van der Waals surface area contributed by atoms with Crippen LogP contribution in [0.1, 0.15) is 92.0 Å². The second-order valence-corrected chi connectivity index (χ2v) is 10.7. The molecule has 0 nitrogen and oxygen atoms in total. The van der Waals surface area contributed by atoms with Crippen molar-refractivity contribution in [2.75, 3.05) is 0 Å². The highest BCUT2D eigenvalue weighted by Gasteiger charge is 2.24. The average molecular weight is 487 g/mol. The second-order valence-electron chi connectivity index (χ2n) is 10.7. The molecule has 0 spiro atoms. The van der Waals surface area contributed by atoms with Gasteiger partial charge in [-0.3, -0.25) is 0 Å². The fraction of sp³-hybridized carbons (Fsp3) is 0.412. The molecule has 0 saturated heterocycles. The maximum Gasteiger partial charge on any atom is 0.129 e. The maximum absolute atomic E-state index is 14.4. The SMILES string of the molecule is CC=CCCc1c(F)cc(CCc2ccc(C3CCC(C[C@@H](C)c4ccccc4)CC3)cc2)cc1F. The van der Waals surface area contributed by atoms with Gasteiger partial charge >= 0.3 is 0 Å². The summed E-state index contributed by atoms with van der Waals surface area (Å²) in [6.07, 6.45) is 12.8. The highest BCUT2D eigenvalue weighted by atomic mass is 19.1. The van der Waals surface area contributed by atoms with Gasteiger partial charge in [0.25, 0.3) is 0 Å². The van der Waals surface area contributed by atoms with E-state index in [1.807, 2.05) is 19.1 Å². The van der Waals surface area contributed by atoms with Gasteiger partial charge in [-0.15, -0.1) is 0 Å². The van der Waals surface area contributed by atoms with Crippen LogP contribution in [0, 0.1) is 17.6 Å². The minimum atomic E-state index is -0.418. The van der Waals surface area contributed by atoms with Crippen LogP contribution in [0.2, 0.25) is 0 Å². The topological polar surface area (TPSA) is 0 Å². The molecule has 0 aromatic heterocycles. The van der Waals surface area contributed by atoms with Crippen molar-refractivity contribution in [2.45, 2.75) is 83.5 Å². The predicted molar refractivity (Wildman–Crippen MR) is 148 cm³/mol. The van der Waals surface area contributed by atoms with Gasteiger partial charge in [0.1, 0.15) is 11.6 Å². The molecule has 1 atom stereocenters. The van der Waals surface area contributed by atoms with E-state index in [0.29, 0.717) is 31.1 Å². The van der Waals surface area contributed by atoms with E-state index >= 15 is 0 Å². The summed E-state index contributed by atoms with van der Waals surface area (Å²) in [5.74, 6) is 1.27. The third kappa shape index (κ3) is 7.15. The van der Waals surface area contributed by atoms with Crippen LogP contribution in [0.25, 0.3) is 0 Å².